The molecule has 0 atom stereocenters. The molecule has 3 aromatic rings. The van der Waals surface area contributed by atoms with Gasteiger partial charge in [-0.05, 0) is 37.6 Å². The van der Waals surface area contributed by atoms with Gasteiger partial charge in [0.15, 0.2) is 0 Å². The highest BCUT2D eigenvalue weighted by Gasteiger charge is 2.21. The van der Waals surface area contributed by atoms with E-state index >= 15 is 0 Å². The van der Waals surface area contributed by atoms with Gasteiger partial charge in [-0.15, -0.1) is 0 Å². The topological polar surface area (TPSA) is 81.9 Å². The summed E-state index contributed by atoms with van der Waals surface area (Å²) < 4.78 is 0. The number of aromatic nitrogens is 2. The molecule has 0 bridgehead atoms. The van der Waals surface area contributed by atoms with Crippen LogP contribution in [0, 0.1) is 11.3 Å². The van der Waals surface area contributed by atoms with Crippen LogP contribution in [0.4, 0.5) is 11.6 Å². The van der Waals surface area contributed by atoms with Gasteiger partial charge in [0.2, 0.25) is 5.95 Å². The minimum Gasteiger partial charge on any atom is -0.331 e. The molecule has 1 N–H and O–H groups in total. The van der Waals surface area contributed by atoms with Crippen molar-refractivity contribution in [3.63, 3.8) is 0 Å². The summed E-state index contributed by atoms with van der Waals surface area (Å²) in [7, 11) is 0. The maximum Gasteiger partial charge on any atom is 0.273 e. The molecule has 1 aromatic heterocycles. The third kappa shape index (κ3) is 4.51. The Hall–Kier alpha value is -3.72. The predicted molar refractivity (Wildman–Crippen MR) is 108 cm³/mol. The van der Waals surface area contributed by atoms with Crippen molar-refractivity contribution in [1.29, 1.82) is 5.26 Å². The number of carbonyl (C=O) groups excluding carboxylic acids is 1. The Balaban J connectivity index is 1.83. The maximum atomic E-state index is 13.1. The monoisotopic (exact) mass is 371 g/mol. The average molecular weight is 371 g/mol. The molecule has 0 radical (unpaired) electrons. The minimum absolute atomic E-state index is 0.0124. The van der Waals surface area contributed by atoms with E-state index in [1.54, 1.807) is 35.4 Å². The van der Waals surface area contributed by atoms with Crippen LogP contribution in [0.5, 0.6) is 0 Å². The molecule has 0 aliphatic heterocycles. The van der Waals surface area contributed by atoms with Crippen LogP contribution in [0.2, 0.25) is 0 Å². The number of rotatable bonds is 6. The van der Waals surface area contributed by atoms with E-state index in [1.807, 2.05) is 50.2 Å². The SMILES string of the molecule is CC(C)N(Cc1ccccc1)C(=O)c1ccnc(Nc2ccccc2C#N)n1. The van der Waals surface area contributed by atoms with Gasteiger partial charge in [-0.1, -0.05) is 42.5 Å². The summed E-state index contributed by atoms with van der Waals surface area (Å²) in [5.74, 6) is 0.106. The fourth-order valence-corrected chi connectivity index (χ4v) is 2.76. The summed E-state index contributed by atoms with van der Waals surface area (Å²) in [6, 6.07) is 20.7. The summed E-state index contributed by atoms with van der Waals surface area (Å²) in [5.41, 5.74) is 2.44. The Labute approximate surface area is 164 Å². The van der Waals surface area contributed by atoms with Crippen molar-refractivity contribution in [1.82, 2.24) is 14.9 Å². The van der Waals surface area contributed by atoms with E-state index in [0.29, 0.717) is 23.5 Å². The average Bonchev–Trinajstić information content (AvgIpc) is 2.72. The summed E-state index contributed by atoms with van der Waals surface area (Å²) in [6.07, 6.45) is 1.54. The molecule has 6 nitrogen and oxygen atoms in total. The van der Waals surface area contributed by atoms with Gasteiger partial charge in [-0.25, -0.2) is 9.97 Å². The first kappa shape index (κ1) is 19.1. The Morgan fingerprint density at radius 3 is 2.54 bits per heavy atom. The Morgan fingerprint density at radius 2 is 1.82 bits per heavy atom. The summed E-state index contributed by atoms with van der Waals surface area (Å²) in [5, 5.41) is 12.2. The molecule has 6 heteroatoms. The lowest BCUT2D eigenvalue weighted by Crippen LogP contribution is -2.37. The number of anilines is 2. The summed E-state index contributed by atoms with van der Waals surface area (Å²) >= 11 is 0. The summed E-state index contributed by atoms with van der Waals surface area (Å²) in [6.45, 7) is 4.45. The summed E-state index contributed by atoms with van der Waals surface area (Å²) in [4.78, 5) is 23.4. The number of para-hydroxylation sites is 1. The fraction of sp³-hybridized carbons (Fsp3) is 0.182. The van der Waals surface area contributed by atoms with E-state index in [1.165, 1.54) is 0 Å². The van der Waals surface area contributed by atoms with E-state index in [4.69, 9.17) is 0 Å². The van der Waals surface area contributed by atoms with Crippen LogP contribution in [0.25, 0.3) is 0 Å². The normalized spacial score (nSPS) is 10.4. The van der Waals surface area contributed by atoms with E-state index in [2.05, 4.69) is 21.4 Å². The van der Waals surface area contributed by atoms with Gasteiger partial charge in [0, 0.05) is 18.8 Å². The zero-order valence-corrected chi connectivity index (χ0v) is 15.8. The van der Waals surface area contributed by atoms with Crippen LogP contribution in [0.3, 0.4) is 0 Å². The van der Waals surface area contributed by atoms with Gasteiger partial charge in [0.1, 0.15) is 11.8 Å². The Bertz CT molecular complexity index is 995. The number of nitriles is 1. The standard InChI is InChI=1S/C22H21N5O/c1-16(2)27(15-17-8-4-3-5-9-17)21(28)20-12-13-24-22(26-20)25-19-11-7-6-10-18(19)14-23/h3-13,16H,15H2,1-2H3,(H,24,25,26). The van der Waals surface area contributed by atoms with Crippen molar-refractivity contribution in [3.8, 4) is 6.07 Å². The van der Waals surface area contributed by atoms with Gasteiger partial charge in [0.05, 0.1) is 11.3 Å². The van der Waals surface area contributed by atoms with Crippen molar-refractivity contribution in [3.05, 3.63) is 83.7 Å². The lowest BCUT2D eigenvalue weighted by atomic mass is 10.1. The lowest BCUT2D eigenvalue weighted by molar-refractivity contribution is 0.0684. The van der Waals surface area contributed by atoms with E-state index in [0.717, 1.165) is 5.56 Å². The van der Waals surface area contributed by atoms with Crippen LogP contribution in [0.15, 0.2) is 66.9 Å². The molecule has 0 aliphatic carbocycles. The van der Waals surface area contributed by atoms with Crippen molar-refractivity contribution < 1.29 is 4.79 Å². The van der Waals surface area contributed by atoms with Gasteiger partial charge in [0.25, 0.3) is 5.91 Å². The number of carbonyl (C=O) groups is 1. The molecule has 0 fully saturated rings. The second kappa shape index (κ2) is 8.78. The van der Waals surface area contributed by atoms with Crippen molar-refractivity contribution in [2.75, 3.05) is 5.32 Å². The highest BCUT2D eigenvalue weighted by atomic mass is 16.2. The van der Waals surface area contributed by atoms with Crippen molar-refractivity contribution in [2.24, 2.45) is 0 Å². The van der Waals surface area contributed by atoms with Crippen LogP contribution in [-0.2, 0) is 6.54 Å². The van der Waals surface area contributed by atoms with E-state index in [9.17, 15) is 10.1 Å². The van der Waals surface area contributed by atoms with Crippen LogP contribution in [0.1, 0.15) is 35.5 Å². The van der Waals surface area contributed by atoms with Crippen LogP contribution in [-0.4, -0.2) is 26.8 Å². The first-order chi connectivity index (χ1) is 13.6. The lowest BCUT2D eigenvalue weighted by Gasteiger charge is -2.26. The zero-order chi connectivity index (χ0) is 19.9. The molecule has 1 heterocycles. The highest BCUT2D eigenvalue weighted by molar-refractivity contribution is 5.92. The molecule has 2 aromatic carbocycles. The molecule has 3 rings (SSSR count). The third-order valence-electron chi connectivity index (χ3n) is 4.25. The number of hydrogen-bond acceptors (Lipinski definition) is 5. The predicted octanol–water partition coefficient (Wildman–Crippen LogP) is 4.14. The Morgan fingerprint density at radius 1 is 1.11 bits per heavy atom. The molecular formula is C22H21N5O. The fourth-order valence-electron chi connectivity index (χ4n) is 2.76. The third-order valence-corrected chi connectivity index (χ3v) is 4.25. The van der Waals surface area contributed by atoms with Gasteiger partial charge < -0.3 is 10.2 Å². The first-order valence-electron chi connectivity index (χ1n) is 9.02. The molecule has 0 saturated carbocycles. The van der Waals surface area contributed by atoms with Gasteiger partial charge in [-0.2, -0.15) is 5.26 Å². The smallest absolute Gasteiger partial charge is 0.273 e. The van der Waals surface area contributed by atoms with Crippen molar-refractivity contribution in [2.45, 2.75) is 26.4 Å². The molecule has 28 heavy (non-hydrogen) atoms. The van der Waals surface area contributed by atoms with Crippen LogP contribution >= 0.6 is 0 Å². The largest absolute Gasteiger partial charge is 0.331 e. The zero-order valence-electron chi connectivity index (χ0n) is 15.8. The number of amides is 1. The molecule has 0 spiro atoms. The number of hydrogen-bond donors (Lipinski definition) is 1. The minimum atomic E-state index is -0.169. The molecule has 0 saturated heterocycles. The van der Waals surface area contributed by atoms with E-state index in [-0.39, 0.29) is 17.9 Å². The molecular weight excluding hydrogens is 350 g/mol. The first-order valence-corrected chi connectivity index (χ1v) is 9.02. The number of benzene rings is 2. The van der Waals surface area contributed by atoms with E-state index < -0.39 is 0 Å². The molecule has 0 aliphatic rings. The second-order valence-corrected chi connectivity index (χ2v) is 6.56. The number of nitrogens with zero attached hydrogens (tertiary/aromatic N) is 4. The maximum absolute atomic E-state index is 13.1. The highest BCUT2D eigenvalue weighted by Crippen LogP contribution is 2.18. The Kier molecular flexibility index (Phi) is 5.97. The molecule has 0 unspecified atom stereocenters. The van der Waals surface area contributed by atoms with Crippen molar-refractivity contribution >= 4 is 17.5 Å². The molecule has 1 amide bonds. The quantitative estimate of drug-likeness (QED) is 0.704. The van der Waals surface area contributed by atoms with Gasteiger partial charge >= 0.3 is 0 Å². The van der Waals surface area contributed by atoms with Crippen LogP contribution < -0.4 is 5.32 Å². The van der Waals surface area contributed by atoms with Gasteiger partial charge in [-0.3, -0.25) is 4.79 Å². The molecule has 140 valence electrons. The second-order valence-electron chi connectivity index (χ2n) is 6.56. The number of nitrogens with one attached hydrogen (secondary N) is 1.